The van der Waals surface area contributed by atoms with Crippen LogP contribution in [0.4, 0.5) is 0 Å². The highest BCUT2D eigenvalue weighted by Gasteiger charge is 2.13. The van der Waals surface area contributed by atoms with Crippen molar-refractivity contribution >= 4 is 27.5 Å². The fraction of sp³-hybridized carbons (Fsp3) is 0.294. The van der Waals surface area contributed by atoms with Crippen molar-refractivity contribution < 1.29 is 4.74 Å². The van der Waals surface area contributed by atoms with E-state index in [0.717, 1.165) is 21.3 Å². The third-order valence-electron chi connectivity index (χ3n) is 3.36. The van der Waals surface area contributed by atoms with E-state index in [0.29, 0.717) is 5.92 Å². The van der Waals surface area contributed by atoms with Crippen molar-refractivity contribution in [1.29, 1.82) is 0 Å². The molecule has 0 saturated carbocycles. The molecule has 20 heavy (non-hydrogen) atoms. The van der Waals surface area contributed by atoms with Crippen molar-refractivity contribution in [3.05, 3.63) is 63.6 Å². The lowest BCUT2D eigenvalue weighted by molar-refractivity contribution is 0.412. The van der Waals surface area contributed by atoms with Crippen LogP contribution in [-0.2, 0) is 0 Å². The van der Waals surface area contributed by atoms with Gasteiger partial charge >= 0.3 is 0 Å². The van der Waals surface area contributed by atoms with E-state index in [1.165, 1.54) is 5.56 Å². The minimum atomic E-state index is -0.154. The Hall–Kier alpha value is -0.990. The molecule has 3 heteroatoms. The van der Waals surface area contributed by atoms with Gasteiger partial charge in [0.2, 0.25) is 0 Å². The van der Waals surface area contributed by atoms with Gasteiger partial charge in [-0.15, -0.1) is 11.6 Å². The van der Waals surface area contributed by atoms with Crippen molar-refractivity contribution in [1.82, 2.24) is 0 Å². The smallest absolute Gasteiger partial charge is 0.133 e. The molecule has 0 N–H and O–H groups in total. The normalized spacial score (nSPS) is 12.5. The van der Waals surface area contributed by atoms with Crippen LogP contribution in [0.15, 0.2) is 46.9 Å². The SMILES string of the molecule is COc1ccc(C(Cl)c2ccc(C(C)C)cc2)cc1Br. The predicted octanol–water partition coefficient (Wildman–Crippen LogP) is 5.91. The van der Waals surface area contributed by atoms with E-state index >= 15 is 0 Å². The number of ether oxygens (including phenoxy) is 1. The van der Waals surface area contributed by atoms with Crippen LogP contribution in [0.5, 0.6) is 5.75 Å². The molecule has 2 aromatic rings. The lowest BCUT2D eigenvalue weighted by Crippen LogP contribution is -1.95. The molecule has 0 aliphatic heterocycles. The van der Waals surface area contributed by atoms with Crippen molar-refractivity contribution in [3.63, 3.8) is 0 Å². The van der Waals surface area contributed by atoms with Gasteiger partial charge in [0.1, 0.15) is 5.75 Å². The fourth-order valence-electron chi connectivity index (χ4n) is 2.08. The molecule has 0 spiro atoms. The zero-order chi connectivity index (χ0) is 14.7. The Balaban J connectivity index is 2.26. The number of halogens is 2. The number of hydrogen-bond acceptors (Lipinski definition) is 1. The van der Waals surface area contributed by atoms with Crippen LogP contribution >= 0.6 is 27.5 Å². The average molecular weight is 354 g/mol. The number of alkyl halides is 1. The van der Waals surface area contributed by atoms with Crippen LogP contribution in [0.1, 0.15) is 41.8 Å². The molecule has 0 bridgehead atoms. The Morgan fingerprint density at radius 3 is 2.00 bits per heavy atom. The maximum atomic E-state index is 6.57. The highest BCUT2D eigenvalue weighted by molar-refractivity contribution is 9.10. The molecular weight excluding hydrogens is 336 g/mol. The van der Waals surface area contributed by atoms with Crippen LogP contribution in [0.25, 0.3) is 0 Å². The molecular formula is C17H18BrClO. The number of methoxy groups -OCH3 is 1. The van der Waals surface area contributed by atoms with Gasteiger partial charge in [-0.1, -0.05) is 44.2 Å². The number of hydrogen-bond donors (Lipinski definition) is 0. The molecule has 106 valence electrons. The first-order chi connectivity index (χ1) is 9.52. The van der Waals surface area contributed by atoms with Crippen molar-refractivity contribution in [2.24, 2.45) is 0 Å². The van der Waals surface area contributed by atoms with Gasteiger partial charge in [0.05, 0.1) is 17.0 Å². The first-order valence-corrected chi connectivity index (χ1v) is 7.83. The molecule has 1 atom stereocenters. The van der Waals surface area contributed by atoms with Gasteiger partial charge in [-0.25, -0.2) is 0 Å². The van der Waals surface area contributed by atoms with Crippen LogP contribution in [0.3, 0.4) is 0 Å². The second kappa shape index (κ2) is 6.64. The Labute approximate surface area is 134 Å². The second-order valence-electron chi connectivity index (χ2n) is 5.08. The summed E-state index contributed by atoms with van der Waals surface area (Å²) in [6.07, 6.45) is 0. The Morgan fingerprint density at radius 2 is 1.50 bits per heavy atom. The Morgan fingerprint density at radius 1 is 0.950 bits per heavy atom. The maximum Gasteiger partial charge on any atom is 0.133 e. The molecule has 0 aromatic heterocycles. The van der Waals surface area contributed by atoms with E-state index in [2.05, 4.69) is 54.0 Å². The third-order valence-corrected chi connectivity index (χ3v) is 4.49. The largest absolute Gasteiger partial charge is 0.496 e. The maximum absolute atomic E-state index is 6.57. The summed E-state index contributed by atoms with van der Waals surface area (Å²) in [5.41, 5.74) is 3.48. The highest BCUT2D eigenvalue weighted by Crippen LogP contribution is 2.34. The molecule has 0 aliphatic rings. The molecule has 2 rings (SSSR count). The average Bonchev–Trinajstić information content (AvgIpc) is 2.46. The highest BCUT2D eigenvalue weighted by atomic mass is 79.9. The van der Waals surface area contributed by atoms with Crippen LogP contribution in [0, 0.1) is 0 Å². The zero-order valence-corrected chi connectivity index (χ0v) is 14.2. The summed E-state index contributed by atoms with van der Waals surface area (Å²) >= 11 is 10.1. The van der Waals surface area contributed by atoms with Gasteiger partial charge in [0.15, 0.2) is 0 Å². The van der Waals surface area contributed by atoms with Gasteiger partial charge < -0.3 is 4.74 Å². The number of rotatable bonds is 4. The van der Waals surface area contributed by atoms with E-state index in [1.54, 1.807) is 7.11 Å². The summed E-state index contributed by atoms with van der Waals surface area (Å²) in [5.74, 6) is 1.35. The minimum absolute atomic E-state index is 0.154. The third kappa shape index (κ3) is 3.36. The Bertz CT molecular complexity index is 578. The summed E-state index contributed by atoms with van der Waals surface area (Å²) < 4.78 is 6.16. The zero-order valence-electron chi connectivity index (χ0n) is 11.9. The molecule has 0 radical (unpaired) electrons. The van der Waals surface area contributed by atoms with Crippen molar-refractivity contribution in [2.45, 2.75) is 25.1 Å². The lowest BCUT2D eigenvalue weighted by atomic mass is 9.98. The van der Waals surface area contributed by atoms with Gasteiger partial charge in [0.25, 0.3) is 0 Å². The minimum Gasteiger partial charge on any atom is -0.496 e. The summed E-state index contributed by atoms with van der Waals surface area (Å²) in [4.78, 5) is 0. The van der Waals surface area contributed by atoms with E-state index in [-0.39, 0.29) is 5.38 Å². The lowest BCUT2D eigenvalue weighted by Gasteiger charge is -2.14. The van der Waals surface area contributed by atoms with Gasteiger partial charge in [0, 0.05) is 0 Å². The van der Waals surface area contributed by atoms with Crippen molar-refractivity contribution in [3.8, 4) is 5.75 Å². The molecule has 1 unspecified atom stereocenters. The molecule has 0 fully saturated rings. The summed E-state index contributed by atoms with van der Waals surface area (Å²) in [6.45, 7) is 4.38. The number of benzene rings is 2. The molecule has 1 nitrogen and oxygen atoms in total. The topological polar surface area (TPSA) is 9.23 Å². The van der Waals surface area contributed by atoms with E-state index in [1.807, 2.05) is 18.2 Å². The Kier molecular flexibility index (Phi) is 5.11. The summed E-state index contributed by atoms with van der Waals surface area (Å²) in [5, 5.41) is -0.154. The fourth-order valence-corrected chi connectivity index (χ4v) is 2.92. The monoisotopic (exact) mass is 352 g/mol. The summed E-state index contributed by atoms with van der Waals surface area (Å²) in [7, 11) is 1.66. The van der Waals surface area contributed by atoms with Crippen LogP contribution in [0.2, 0.25) is 0 Å². The standard InChI is InChI=1S/C17H18BrClO/c1-11(2)12-4-6-13(7-5-12)17(19)14-8-9-16(20-3)15(18)10-14/h4-11,17H,1-3H3. The quantitative estimate of drug-likeness (QED) is 0.621. The summed E-state index contributed by atoms with van der Waals surface area (Å²) in [6, 6.07) is 14.4. The molecule has 0 saturated heterocycles. The van der Waals surface area contributed by atoms with Gasteiger partial charge in [-0.05, 0) is 50.7 Å². The molecule has 0 aliphatic carbocycles. The van der Waals surface area contributed by atoms with E-state index < -0.39 is 0 Å². The van der Waals surface area contributed by atoms with Gasteiger partial charge in [-0.3, -0.25) is 0 Å². The second-order valence-corrected chi connectivity index (χ2v) is 6.37. The molecule has 2 aromatic carbocycles. The molecule has 0 amide bonds. The molecule has 0 heterocycles. The van der Waals surface area contributed by atoms with E-state index in [4.69, 9.17) is 16.3 Å². The first kappa shape index (κ1) is 15.4. The first-order valence-electron chi connectivity index (χ1n) is 6.60. The van der Waals surface area contributed by atoms with Crippen LogP contribution in [-0.4, -0.2) is 7.11 Å². The predicted molar refractivity (Wildman–Crippen MR) is 88.9 cm³/mol. The van der Waals surface area contributed by atoms with E-state index in [9.17, 15) is 0 Å². The van der Waals surface area contributed by atoms with Crippen molar-refractivity contribution in [2.75, 3.05) is 7.11 Å². The van der Waals surface area contributed by atoms with Crippen LogP contribution < -0.4 is 4.74 Å². The van der Waals surface area contributed by atoms with Gasteiger partial charge in [-0.2, -0.15) is 0 Å².